The van der Waals surface area contributed by atoms with Gasteiger partial charge in [0.05, 0.1) is 6.10 Å². The van der Waals surface area contributed by atoms with Crippen LogP contribution in [0.2, 0.25) is 0 Å². The Morgan fingerprint density at radius 1 is 1.15 bits per heavy atom. The summed E-state index contributed by atoms with van der Waals surface area (Å²) in [5, 5.41) is 22.3. The summed E-state index contributed by atoms with van der Waals surface area (Å²) in [5.74, 6) is 0.814. The fraction of sp³-hybridized carbons (Fsp3) is 0.444. The summed E-state index contributed by atoms with van der Waals surface area (Å²) in [6.07, 6.45) is 3.95. The van der Waals surface area contributed by atoms with Crippen molar-refractivity contribution in [2.75, 3.05) is 0 Å². The highest BCUT2D eigenvalue weighted by molar-refractivity contribution is 5.88. The number of aliphatic hydroxyl groups excluding tert-OH is 1. The summed E-state index contributed by atoms with van der Waals surface area (Å²) in [7, 11) is 0. The van der Waals surface area contributed by atoms with Gasteiger partial charge in [0.25, 0.3) is 0 Å². The molecule has 0 amide bonds. The van der Waals surface area contributed by atoms with Crippen LogP contribution in [0, 0.1) is 5.41 Å². The van der Waals surface area contributed by atoms with Crippen LogP contribution in [0.1, 0.15) is 43.2 Å². The number of benzene rings is 2. The van der Waals surface area contributed by atoms with E-state index in [1.165, 1.54) is 16.5 Å². The summed E-state index contributed by atoms with van der Waals surface area (Å²) in [6.45, 7) is 2.25. The topological polar surface area (TPSA) is 40.5 Å². The van der Waals surface area contributed by atoms with Crippen molar-refractivity contribution in [3.8, 4) is 5.75 Å². The first kappa shape index (κ1) is 12.2. The highest BCUT2D eigenvalue weighted by atomic mass is 16.3. The van der Waals surface area contributed by atoms with Crippen LogP contribution in [0.15, 0.2) is 30.3 Å². The lowest BCUT2D eigenvalue weighted by Crippen LogP contribution is -2.35. The van der Waals surface area contributed by atoms with E-state index in [1.807, 2.05) is 12.1 Å². The predicted molar refractivity (Wildman–Crippen MR) is 80.0 cm³/mol. The molecule has 0 aromatic heterocycles. The first-order valence-electron chi connectivity index (χ1n) is 7.52. The van der Waals surface area contributed by atoms with Crippen molar-refractivity contribution in [3.63, 3.8) is 0 Å². The van der Waals surface area contributed by atoms with Crippen molar-refractivity contribution >= 4 is 10.8 Å². The van der Waals surface area contributed by atoms with Crippen LogP contribution in [0.3, 0.4) is 0 Å². The molecule has 2 N–H and O–H groups in total. The number of hydrogen-bond donors (Lipinski definition) is 2. The standard InChI is InChI=1S/C18H20O2/c1-18-9-8-14-13-5-3-12(19)10-11(13)2-4-15(14)16(18)6-7-17(18)20/h2-5,10,16-17,19-20H,6-9H2,1H3/t16-,17-,18-/m0/s1. The molecule has 2 aliphatic rings. The Morgan fingerprint density at radius 3 is 2.85 bits per heavy atom. The lowest BCUT2D eigenvalue weighted by Gasteiger charge is -2.40. The molecule has 0 saturated heterocycles. The van der Waals surface area contributed by atoms with Gasteiger partial charge in [0.15, 0.2) is 0 Å². The third-order valence-electron chi connectivity index (χ3n) is 5.73. The predicted octanol–water partition coefficient (Wildman–Crippen LogP) is 3.74. The molecule has 20 heavy (non-hydrogen) atoms. The molecule has 4 rings (SSSR count). The number of phenols is 1. The molecule has 2 aromatic rings. The van der Waals surface area contributed by atoms with Gasteiger partial charge in [0.2, 0.25) is 0 Å². The van der Waals surface area contributed by atoms with E-state index in [1.54, 1.807) is 6.07 Å². The second kappa shape index (κ2) is 3.98. The Kier molecular flexibility index (Phi) is 2.43. The molecule has 3 atom stereocenters. The minimum absolute atomic E-state index is 0.0532. The van der Waals surface area contributed by atoms with E-state index in [-0.39, 0.29) is 11.5 Å². The zero-order valence-corrected chi connectivity index (χ0v) is 11.8. The average molecular weight is 268 g/mol. The van der Waals surface area contributed by atoms with Gasteiger partial charge in [-0.2, -0.15) is 0 Å². The number of aromatic hydroxyl groups is 1. The van der Waals surface area contributed by atoms with Gasteiger partial charge < -0.3 is 10.2 Å². The van der Waals surface area contributed by atoms with Crippen LogP contribution in [0.25, 0.3) is 10.8 Å². The van der Waals surface area contributed by atoms with E-state index in [0.29, 0.717) is 11.7 Å². The lowest BCUT2D eigenvalue weighted by molar-refractivity contribution is 0.0459. The smallest absolute Gasteiger partial charge is 0.116 e. The van der Waals surface area contributed by atoms with Crippen LogP contribution in [-0.4, -0.2) is 16.3 Å². The Bertz CT molecular complexity index is 691. The third-order valence-corrected chi connectivity index (χ3v) is 5.73. The van der Waals surface area contributed by atoms with E-state index in [0.717, 1.165) is 31.1 Å². The number of rotatable bonds is 0. The first-order chi connectivity index (χ1) is 9.59. The van der Waals surface area contributed by atoms with Crippen molar-refractivity contribution < 1.29 is 10.2 Å². The zero-order chi connectivity index (χ0) is 13.9. The van der Waals surface area contributed by atoms with Gasteiger partial charge in [-0.05, 0) is 65.6 Å². The van der Waals surface area contributed by atoms with Crippen molar-refractivity contribution in [2.45, 2.75) is 44.6 Å². The minimum Gasteiger partial charge on any atom is -0.508 e. The molecule has 0 unspecified atom stereocenters. The van der Waals surface area contributed by atoms with Crippen molar-refractivity contribution in [1.82, 2.24) is 0 Å². The fourth-order valence-corrected chi connectivity index (χ4v) is 4.47. The van der Waals surface area contributed by atoms with E-state index < -0.39 is 0 Å². The van der Waals surface area contributed by atoms with Crippen molar-refractivity contribution in [1.29, 1.82) is 0 Å². The molecule has 2 aliphatic carbocycles. The summed E-state index contributed by atoms with van der Waals surface area (Å²) in [6, 6.07) is 9.99. The molecule has 0 radical (unpaired) electrons. The molecule has 2 aromatic carbocycles. The van der Waals surface area contributed by atoms with Gasteiger partial charge in [-0.3, -0.25) is 0 Å². The average Bonchev–Trinajstić information content (AvgIpc) is 2.74. The third kappa shape index (κ3) is 1.49. The zero-order valence-electron chi connectivity index (χ0n) is 11.8. The Balaban J connectivity index is 1.93. The second-order valence-corrected chi connectivity index (χ2v) is 6.69. The lowest BCUT2D eigenvalue weighted by atomic mass is 9.65. The highest BCUT2D eigenvalue weighted by Gasteiger charge is 2.48. The Hall–Kier alpha value is -1.54. The highest BCUT2D eigenvalue weighted by Crippen LogP contribution is 2.56. The Labute approximate surface area is 119 Å². The van der Waals surface area contributed by atoms with Crippen LogP contribution in [0.5, 0.6) is 5.75 Å². The van der Waals surface area contributed by atoms with Gasteiger partial charge in [0, 0.05) is 5.41 Å². The largest absolute Gasteiger partial charge is 0.508 e. The fourth-order valence-electron chi connectivity index (χ4n) is 4.47. The maximum Gasteiger partial charge on any atom is 0.116 e. The van der Waals surface area contributed by atoms with Gasteiger partial charge in [-0.1, -0.05) is 25.1 Å². The summed E-state index contributed by atoms with van der Waals surface area (Å²) in [5.41, 5.74) is 2.91. The van der Waals surface area contributed by atoms with Crippen molar-refractivity contribution in [2.24, 2.45) is 5.41 Å². The normalized spacial score (nSPS) is 32.1. The molecular weight excluding hydrogens is 248 g/mol. The maximum absolute atomic E-state index is 10.3. The molecule has 2 heteroatoms. The minimum atomic E-state index is -0.156. The molecule has 2 nitrogen and oxygen atoms in total. The van der Waals surface area contributed by atoms with E-state index >= 15 is 0 Å². The van der Waals surface area contributed by atoms with E-state index in [2.05, 4.69) is 19.1 Å². The van der Waals surface area contributed by atoms with Gasteiger partial charge >= 0.3 is 0 Å². The van der Waals surface area contributed by atoms with Crippen LogP contribution >= 0.6 is 0 Å². The number of hydrogen-bond acceptors (Lipinski definition) is 2. The monoisotopic (exact) mass is 268 g/mol. The molecule has 1 saturated carbocycles. The van der Waals surface area contributed by atoms with Crippen LogP contribution in [0.4, 0.5) is 0 Å². The quantitative estimate of drug-likeness (QED) is 0.764. The Morgan fingerprint density at radius 2 is 2.00 bits per heavy atom. The number of fused-ring (bicyclic) bond motifs is 5. The first-order valence-corrected chi connectivity index (χ1v) is 7.52. The number of aliphatic hydroxyl groups is 1. The molecule has 0 spiro atoms. The van der Waals surface area contributed by atoms with E-state index in [4.69, 9.17) is 0 Å². The second-order valence-electron chi connectivity index (χ2n) is 6.69. The molecular formula is C18H20O2. The van der Waals surface area contributed by atoms with Gasteiger partial charge in [-0.15, -0.1) is 0 Å². The van der Waals surface area contributed by atoms with Crippen LogP contribution in [-0.2, 0) is 6.42 Å². The van der Waals surface area contributed by atoms with Crippen molar-refractivity contribution in [3.05, 3.63) is 41.5 Å². The number of phenolic OH excluding ortho intramolecular Hbond substituents is 1. The molecule has 104 valence electrons. The maximum atomic E-state index is 10.3. The van der Waals surface area contributed by atoms with Crippen LogP contribution < -0.4 is 0 Å². The molecule has 0 heterocycles. The SMILES string of the molecule is C[C@]12CCc3c(ccc4cc(O)ccc34)[C@@H]1CC[C@@H]2O. The molecule has 0 aliphatic heterocycles. The summed E-state index contributed by atoms with van der Waals surface area (Å²) >= 11 is 0. The molecule has 1 fully saturated rings. The number of aryl methyl sites for hydroxylation is 1. The van der Waals surface area contributed by atoms with E-state index in [9.17, 15) is 10.2 Å². The van der Waals surface area contributed by atoms with Gasteiger partial charge in [0.1, 0.15) is 5.75 Å². The summed E-state index contributed by atoms with van der Waals surface area (Å²) in [4.78, 5) is 0. The summed E-state index contributed by atoms with van der Waals surface area (Å²) < 4.78 is 0. The van der Waals surface area contributed by atoms with Gasteiger partial charge in [-0.25, -0.2) is 0 Å². The molecule has 0 bridgehead atoms.